The summed E-state index contributed by atoms with van der Waals surface area (Å²) in [5.41, 5.74) is 0. The molecule has 6 heteroatoms. The lowest BCUT2D eigenvalue weighted by Crippen LogP contribution is -2.37. The molecule has 2 aromatic rings. The maximum Gasteiger partial charge on any atom is 0.137 e. The Hall–Kier alpha value is -1.17. The van der Waals surface area contributed by atoms with E-state index in [9.17, 15) is 0 Å². The Bertz CT molecular complexity index is 619. The molecule has 1 fully saturated rings. The molecule has 3 rings (SSSR count). The van der Waals surface area contributed by atoms with E-state index in [-0.39, 0.29) is 0 Å². The third-order valence-corrected chi connectivity index (χ3v) is 4.98. The van der Waals surface area contributed by atoms with Crippen molar-refractivity contribution in [2.45, 2.75) is 26.3 Å². The molecule has 0 saturated carbocycles. The van der Waals surface area contributed by atoms with E-state index in [1.54, 1.807) is 11.3 Å². The minimum atomic E-state index is 0.541. The molecule has 0 aliphatic carbocycles. The van der Waals surface area contributed by atoms with E-state index in [0.717, 1.165) is 42.0 Å². The number of hydrogen-bond donors (Lipinski definition) is 0. The molecular formula is C16H20ClN3OS. The SMILES string of the molecule is Cc1nnc(CN2CCCC(COc3ccccc3Cl)C2)s1. The van der Waals surface area contributed by atoms with E-state index in [4.69, 9.17) is 16.3 Å². The minimum absolute atomic E-state index is 0.541. The average Bonchev–Trinajstić information content (AvgIpc) is 2.92. The van der Waals surface area contributed by atoms with E-state index in [0.29, 0.717) is 10.9 Å². The molecule has 1 unspecified atom stereocenters. The van der Waals surface area contributed by atoms with Gasteiger partial charge < -0.3 is 4.74 Å². The van der Waals surface area contributed by atoms with Crippen LogP contribution in [0.5, 0.6) is 5.75 Å². The summed E-state index contributed by atoms with van der Waals surface area (Å²) in [6, 6.07) is 7.66. The first kappa shape index (κ1) is 15.7. The fourth-order valence-electron chi connectivity index (χ4n) is 2.79. The highest BCUT2D eigenvalue weighted by molar-refractivity contribution is 7.11. The first-order chi connectivity index (χ1) is 10.7. The van der Waals surface area contributed by atoms with Crippen molar-refractivity contribution in [3.63, 3.8) is 0 Å². The molecule has 4 nitrogen and oxygen atoms in total. The van der Waals surface area contributed by atoms with Crippen LogP contribution in [-0.4, -0.2) is 34.8 Å². The van der Waals surface area contributed by atoms with Crippen molar-refractivity contribution >= 4 is 22.9 Å². The molecule has 0 spiro atoms. The number of rotatable bonds is 5. The molecule has 0 radical (unpaired) electrons. The number of halogens is 1. The van der Waals surface area contributed by atoms with Gasteiger partial charge in [0.2, 0.25) is 0 Å². The molecule has 1 aromatic heterocycles. The van der Waals surface area contributed by atoms with Crippen molar-refractivity contribution in [3.05, 3.63) is 39.3 Å². The van der Waals surface area contributed by atoms with Crippen LogP contribution in [0.25, 0.3) is 0 Å². The van der Waals surface area contributed by atoms with Gasteiger partial charge in [-0.2, -0.15) is 0 Å². The molecule has 1 atom stereocenters. The Balaban J connectivity index is 1.51. The van der Waals surface area contributed by atoms with Crippen LogP contribution in [0.1, 0.15) is 22.9 Å². The number of para-hydroxylation sites is 1. The Morgan fingerprint density at radius 2 is 2.23 bits per heavy atom. The summed E-state index contributed by atoms with van der Waals surface area (Å²) >= 11 is 7.81. The van der Waals surface area contributed by atoms with Gasteiger partial charge in [-0.3, -0.25) is 4.90 Å². The van der Waals surface area contributed by atoms with Gasteiger partial charge in [0.1, 0.15) is 15.8 Å². The summed E-state index contributed by atoms with van der Waals surface area (Å²) < 4.78 is 5.89. The highest BCUT2D eigenvalue weighted by atomic mass is 35.5. The summed E-state index contributed by atoms with van der Waals surface area (Å²) in [5, 5.41) is 11.1. The normalized spacial score (nSPS) is 19.3. The van der Waals surface area contributed by atoms with E-state index >= 15 is 0 Å². The number of benzene rings is 1. The molecule has 118 valence electrons. The van der Waals surface area contributed by atoms with Crippen molar-refractivity contribution < 1.29 is 4.74 Å². The topological polar surface area (TPSA) is 38.2 Å². The van der Waals surface area contributed by atoms with Crippen LogP contribution in [-0.2, 0) is 6.54 Å². The van der Waals surface area contributed by atoms with Crippen molar-refractivity contribution in [2.24, 2.45) is 5.92 Å². The average molecular weight is 338 g/mol. The Labute approximate surface area is 140 Å². The molecule has 1 aliphatic rings. The number of nitrogens with zero attached hydrogens (tertiary/aromatic N) is 3. The van der Waals surface area contributed by atoms with E-state index in [1.165, 1.54) is 12.8 Å². The first-order valence-electron chi connectivity index (χ1n) is 7.59. The zero-order valence-electron chi connectivity index (χ0n) is 12.7. The van der Waals surface area contributed by atoms with Crippen LogP contribution in [0, 0.1) is 12.8 Å². The highest BCUT2D eigenvalue weighted by Gasteiger charge is 2.21. The summed E-state index contributed by atoms with van der Waals surface area (Å²) in [7, 11) is 0. The fraction of sp³-hybridized carbons (Fsp3) is 0.500. The van der Waals surface area contributed by atoms with Gasteiger partial charge in [-0.25, -0.2) is 0 Å². The fourth-order valence-corrected chi connectivity index (χ4v) is 3.73. The number of hydrogen-bond acceptors (Lipinski definition) is 5. The molecule has 0 amide bonds. The van der Waals surface area contributed by atoms with E-state index in [1.807, 2.05) is 31.2 Å². The van der Waals surface area contributed by atoms with Gasteiger partial charge in [0.05, 0.1) is 18.2 Å². The highest BCUT2D eigenvalue weighted by Crippen LogP contribution is 2.25. The molecule has 1 saturated heterocycles. The quantitative estimate of drug-likeness (QED) is 0.832. The number of likely N-dealkylation sites (tertiary alicyclic amines) is 1. The van der Waals surface area contributed by atoms with E-state index < -0.39 is 0 Å². The van der Waals surface area contributed by atoms with Crippen LogP contribution >= 0.6 is 22.9 Å². The maximum atomic E-state index is 6.13. The lowest BCUT2D eigenvalue weighted by molar-refractivity contribution is 0.125. The van der Waals surface area contributed by atoms with Crippen LogP contribution in [0.2, 0.25) is 5.02 Å². The third kappa shape index (κ3) is 4.18. The monoisotopic (exact) mass is 337 g/mol. The van der Waals surface area contributed by atoms with Crippen LogP contribution in [0.4, 0.5) is 0 Å². The predicted octanol–water partition coefficient (Wildman–Crippen LogP) is 3.79. The summed E-state index contributed by atoms with van der Waals surface area (Å²) in [6.07, 6.45) is 2.41. The predicted molar refractivity (Wildman–Crippen MR) is 89.6 cm³/mol. The van der Waals surface area contributed by atoms with Gasteiger partial charge in [-0.1, -0.05) is 23.7 Å². The molecule has 2 heterocycles. The second kappa shape index (κ2) is 7.40. The Morgan fingerprint density at radius 3 is 3.00 bits per heavy atom. The number of aromatic nitrogens is 2. The molecule has 0 bridgehead atoms. The smallest absolute Gasteiger partial charge is 0.137 e. The Morgan fingerprint density at radius 1 is 1.36 bits per heavy atom. The van der Waals surface area contributed by atoms with Crippen molar-refractivity contribution in [1.29, 1.82) is 0 Å². The van der Waals surface area contributed by atoms with Gasteiger partial charge >= 0.3 is 0 Å². The van der Waals surface area contributed by atoms with Crippen molar-refractivity contribution in [3.8, 4) is 5.75 Å². The largest absolute Gasteiger partial charge is 0.492 e. The number of ether oxygens (including phenoxy) is 1. The zero-order chi connectivity index (χ0) is 15.4. The van der Waals surface area contributed by atoms with Gasteiger partial charge in [0.15, 0.2) is 0 Å². The minimum Gasteiger partial charge on any atom is -0.492 e. The summed E-state index contributed by atoms with van der Waals surface area (Å²) in [6.45, 7) is 5.78. The summed E-state index contributed by atoms with van der Waals surface area (Å²) in [4.78, 5) is 2.45. The van der Waals surface area contributed by atoms with Gasteiger partial charge in [-0.15, -0.1) is 21.5 Å². The number of piperidine rings is 1. The first-order valence-corrected chi connectivity index (χ1v) is 8.79. The molecular weight excluding hydrogens is 318 g/mol. The second-order valence-corrected chi connectivity index (χ2v) is 7.37. The maximum absolute atomic E-state index is 6.13. The van der Waals surface area contributed by atoms with Crippen molar-refractivity contribution in [1.82, 2.24) is 15.1 Å². The number of aryl methyl sites for hydroxylation is 1. The van der Waals surface area contributed by atoms with Crippen LogP contribution in [0.3, 0.4) is 0 Å². The van der Waals surface area contributed by atoms with Gasteiger partial charge in [0.25, 0.3) is 0 Å². The van der Waals surface area contributed by atoms with Crippen LogP contribution in [0.15, 0.2) is 24.3 Å². The van der Waals surface area contributed by atoms with Crippen LogP contribution < -0.4 is 4.74 Å². The lowest BCUT2D eigenvalue weighted by Gasteiger charge is -2.31. The standard InChI is InChI=1S/C16H20ClN3OS/c1-12-18-19-16(22-12)10-20-8-4-5-13(9-20)11-21-15-7-3-2-6-14(15)17/h2-3,6-7,13H,4-5,8-11H2,1H3. The van der Waals surface area contributed by atoms with Gasteiger partial charge in [-0.05, 0) is 38.4 Å². The molecule has 22 heavy (non-hydrogen) atoms. The Kier molecular flexibility index (Phi) is 5.28. The second-order valence-electron chi connectivity index (χ2n) is 5.70. The van der Waals surface area contributed by atoms with Gasteiger partial charge in [0, 0.05) is 12.5 Å². The molecule has 1 aliphatic heterocycles. The molecule has 0 N–H and O–H groups in total. The summed E-state index contributed by atoms with van der Waals surface area (Å²) in [5.74, 6) is 1.32. The lowest BCUT2D eigenvalue weighted by atomic mass is 9.99. The van der Waals surface area contributed by atoms with E-state index in [2.05, 4.69) is 15.1 Å². The molecule has 1 aromatic carbocycles. The zero-order valence-corrected chi connectivity index (χ0v) is 14.2. The van der Waals surface area contributed by atoms with Crippen molar-refractivity contribution in [2.75, 3.05) is 19.7 Å². The third-order valence-electron chi connectivity index (χ3n) is 3.84.